The maximum atomic E-state index is 12.4. The summed E-state index contributed by atoms with van der Waals surface area (Å²) in [4.78, 5) is 26.0. The van der Waals surface area contributed by atoms with Crippen LogP contribution in [0, 0.1) is 0 Å². The van der Waals surface area contributed by atoms with Crippen LogP contribution in [0.15, 0.2) is 18.2 Å². The number of carbonyl (C=O) groups is 2. The van der Waals surface area contributed by atoms with Crippen molar-refractivity contribution in [3.63, 3.8) is 0 Å². The minimum absolute atomic E-state index is 0. The predicted octanol–water partition coefficient (Wildman–Crippen LogP) is 1.41. The van der Waals surface area contributed by atoms with E-state index in [0.29, 0.717) is 55.7 Å². The van der Waals surface area contributed by atoms with Gasteiger partial charge in [-0.15, -0.1) is 12.4 Å². The molecule has 1 aliphatic heterocycles. The van der Waals surface area contributed by atoms with Crippen LogP contribution in [0.3, 0.4) is 0 Å². The van der Waals surface area contributed by atoms with Gasteiger partial charge in [-0.25, -0.2) is 0 Å². The molecule has 2 amide bonds. The third-order valence-corrected chi connectivity index (χ3v) is 3.86. The van der Waals surface area contributed by atoms with Crippen LogP contribution in [0.1, 0.15) is 10.4 Å². The minimum atomic E-state index is -0.186. The molecule has 9 heteroatoms. The van der Waals surface area contributed by atoms with Crippen LogP contribution in [0.4, 0.5) is 5.69 Å². The van der Waals surface area contributed by atoms with Gasteiger partial charge in [0.15, 0.2) is 0 Å². The van der Waals surface area contributed by atoms with E-state index in [1.54, 1.807) is 30.2 Å². The van der Waals surface area contributed by atoms with Crippen molar-refractivity contribution in [2.75, 3.05) is 58.4 Å². The Bertz CT molecular complexity index is 580. The molecule has 0 bridgehead atoms. The van der Waals surface area contributed by atoms with E-state index in [2.05, 4.69) is 10.6 Å². The van der Waals surface area contributed by atoms with Crippen molar-refractivity contribution in [1.29, 1.82) is 0 Å². The van der Waals surface area contributed by atoms with Crippen LogP contribution in [0.2, 0.25) is 5.02 Å². The SMILES string of the molecule is COCCNCC(=O)Nc1ccc(C(=O)N2CCOCC2)c(Cl)c1.Cl. The maximum absolute atomic E-state index is 12.4. The van der Waals surface area contributed by atoms with E-state index in [9.17, 15) is 9.59 Å². The number of nitrogens with one attached hydrogen (secondary N) is 2. The van der Waals surface area contributed by atoms with Crippen molar-refractivity contribution in [2.45, 2.75) is 0 Å². The standard InChI is InChI=1S/C16H22ClN3O4.ClH/c1-23-7-4-18-11-15(21)19-12-2-3-13(14(17)10-12)16(22)20-5-8-24-9-6-20;/h2-3,10,18H,4-9,11H2,1H3,(H,19,21);1H. The normalized spacial score (nSPS) is 13.9. The topological polar surface area (TPSA) is 79.9 Å². The number of morpholine rings is 1. The van der Waals surface area contributed by atoms with Gasteiger partial charge in [-0.05, 0) is 18.2 Å². The summed E-state index contributed by atoms with van der Waals surface area (Å²) in [5.41, 5.74) is 0.979. The molecule has 1 aromatic carbocycles. The quantitative estimate of drug-likeness (QED) is 0.686. The molecule has 0 spiro atoms. The molecule has 0 aliphatic carbocycles. The van der Waals surface area contributed by atoms with Crippen molar-refractivity contribution in [3.8, 4) is 0 Å². The number of ether oxygens (including phenoxy) is 2. The average molecular weight is 392 g/mol. The number of benzene rings is 1. The van der Waals surface area contributed by atoms with E-state index in [1.807, 2.05) is 0 Å². The van der Waals surface area contributed by atoms with E-state index in [-0.39, 0.29) is 30.8 Å². The number of rotatable bonds is 7. The van der Waals surface area contributed by atoms with Crippen LogP contribution in [-0.4, -0.2) is 69.8 Å². The monoisotopic (exact) mass is 391 g/mol. The molecule has 1 heterocycles. The van der Waals surface area contributed by atoms with Crippen LogP contribution >= 0.6 is 24.0 Å². The Balaban J connectivity index is 0.00000312. The second-order valence-electron chi connectivity index (χ2n) is 5.32. The first-order valence-electron chi connectivity index (χ1n) is 7.78. The molecule has 0 atom stereocenters. The van der Waals surface area contributed by atoms with Gasteiger partial charge >= 0.3 is 0 Å². The Hall–Kier alpha value is -1.38. The first-order chi connectivity index (χ1) is 11.6. The zero-order valence-electron chi connectivity index (χ0n) is 14.0. The van der Waals surface area contributed by atoms with Gasteiger partial charge < -0.3 is 25.0 Å². The van der Waals surface area contributed by atoms with Crippen molar-refractivity contribution in [3.05, 3.63) is 28.8 Å². The van der Waals surface area contributed by atoms with Gasteiger partial charge in [0.05, 0.1) is 37.0 Å². The highest BCUT2D eigenvalue weighted by Crippen LogP contribution is 2.22. The fourth-order valence-electron chi connectivity index (χ4n) is 2.28. The molecule has 140 valence electrons. The molecule has 1 aromatic rings. The molecule has 0 aromatic heterocycles. The lowest BCUT2D eigenvalue weighted by atomic mass is 10.1. The summed E-state index contributed by atoms with van der Waals surface area (Å²) in [6.45, 7) is 3.49. The average Bonchev–Trinajstić information content (AvgIpc) is 2.59. The zero-order valence-corrected chi connectivity index (χ0v) is 15.6. The smallest absolute Gasteiger partial charge is 0.255 e. The summed E-state index contributed by atoms with van der Waals surface area (Å²) in [6, 6.07) is 4.89. The van der Waals surface area contributed by atoms with Gasteiger partial charge in [-0.3, -0.25) is 9.59 Å². The molecule has 25 heavy (non-hydrogen) atoms. The van der Waals surface area contributed by atoms with Crippen molar-refractivity contribution in [2.24, 2.45) is 0 Å². The van der Waals surface area contributed by atoms with Crippen molar-refractivity contribution >= 4 is 41.5 Å². The molecule has 2 rings (SSSR count). The van der Waals surface area contributed by atoms with Crippen LogP contribution in [-0.2, 0) is 14.3 Å². The molecule has 1 saturated heterocycles. The number of hydrogen-bond donors (Lipinski definition) is 2. The van der Waals surface area contributed by atoms with E-state index in [0.717, 1.165) is 0 Å². The Morgan fingerprint density at radius 1 is 1.32 bits per heavy atom. The Kier molecular flexibility index (Phi) is 9.77. The summed E-state index contributed by atoms with van der Waals surface area (Å²) in [6.07, 6.45) is 0. The Labute approximate surface area is 158 Å². The second-order valence-corrected chi connectivity index (χ2v) is 5.72. The van der Waals surface area contributed by atoms with Crippen molar-refractivity contribution in [1.82, 2.24) is 10.2 Å². The van der Waals surface area contributed by atoms with Gasteiger partial charge in [-0.1, -0.05) is 11.6 Å². The number of amides is 2. The highest BCUT2D eigenvalue weighted by molar-refractivity contribution is 6.34. The van der Waals surface area contributed by atoms with E-state index >= 15 is 0 Å². The number of methoxy groups -OCH3 is 1. The van der Waals surface area contributed by atoms with Crippen LogP contribution < -0.4 is 10.6 Å². The lowest BCUT2D eigenvalue weighted by Crippen LogP contribution is -2.40. The first-order valence-corrected chi connectivity index (χ1v) is 8.15. The summed E-state index contributed by atoms with van der Waals surface area (Å²) in [5.74, 6) is -0.308. The molecule has 2 N–H and O–H groups in total. The minimum Gasteiger partial charge on any atom is -0.383 e. The lowest BCUT2D eigenvalue weighted by molar-refractivity contribution is -0.115. The lowest BCUT2D eigenvalue weighted by Gasteiger charge is -2.27. The van der Waals surface area contributed by atoms with Crippen molar-refractivity contribution < 1.29 is 19.1 Å². The highest BCUT2D eigenvalue weighted by Gasteiger charge is 2.20. The van der Waals surface area contributed by atoms with E-state index in [1.165, 1.54) is 0 Å². The van der Waals surface area contributed by atoms with Gasteiger partial charge in [0, 0.05) is 32.4 Å². The van der Waals surface area contributed by atoms with Gasteiger partial charge in [0.1, 0.15) is 0 Å². The fraction of sp³-hybridized carbons (Fsp3) is 0.500. The molecular weight excluding hydrogens is 369 g/mol. The number of halogens is 2. The third-order valence-electron chi connectivity index (χ3n) is 3.55. The third kappa shape index (κ3) is 6.80. The molecule has 1 fully saturated rings. The zero-order chi connectivity index (χ0) is 17.4. The van der Waals surface area contributed by atoms with E-state index < -0.39 is 0 Å². The fourth-order valence-corrected chi connectivity index (χ4v) is 2.55. The number of anilines is 1. The molecule has 0 saturated carbocycles. The van der Waals surface area contributed by atoms with E-state index in [4.69, 9.17) is 21.1 Å². The van der Waals surface area contributed by atoms with Crippen LogP contribution in [0.25, 0.3) is 0 Å². The maximum Gasteiger partial charge on any atom is 0.255 e. The van der Waals surface area contributed by atoms with Crippen LogP contribution in [0.5, 0.6) is 0 Å². The predicted molar refractivity (Wildman–Crippen MR) is 98.8 cm³/mol. The number of hydrogen-bond acceptors (Lipinski definition) is 5. The molecule has 7 nitrogen and oxygen atoms in total. The summed E-state index contributed by atoms with van der Waals surface area (Å²) >= 11 is 6.21. The largest absolute Gasteiger partial charge is 0.383 e. The molecule has 1 aliphatic rings. The summed E-state index contributed by atoms with van der Waals surface area (Å²) in [7, 11) is 1.60. The second kappa shape index (κ2) is 11.3. The molecule has 0 unspecified atom stereocenters. The van der Waals surface area contributed by atoms with Gasteiger partial charge in [0.25, 0.3) is 5.91 Å². The highest BCUT2D eigenvalue weighted by atomic mass is 35.5. The molecule has 0 radical (unpaired) electrons. The number of carbonyl (C=O) groups excluding carboxylic acids is 2. The summed E-state index contributed by atoms with van der Waals surface area (Å²) < 4.78 is 10.1. The van der Waals surface area contributed by atoms with Gasteiger partial charge in [0.2, 0.25) is 5.91 Å². The first kappa shape index (κ1) is 21.7. The summed E-state index contributed by atoms with van der Waals surface area (Å²) in [5, 5.41) is 6.00. The Morgan fingerprint density at radius 3 is 2.68 bits per heavy atom. The molecular formula is C16H23Cl2N3O4. The van der Waals surface area contributed by atoms with Gasteiger partial charge in [-0.2, -0.15) is 0 Å². The Morgan fingerprint density at radius 2 is 2.04 bits per heavy atom. The number of nitrogens with zero attached hydrogens (tertiary/aromatic N) is 1.